The summed E-state index contributed by atoms with van der Waals surface area (Å²) in [6, 6.07) is 0. The molecular formula is C9H16N2O2S2. The zero-order chi connectivity index (χ0) is 11.1. The molecule has 0 radical (unpaired) electrons. The molecule has 0 unspecified atom stereocenters. The predicted molar refractivity (Wildman–Crippen MR) is 63.0 cm³/mol. The number of hydrogen-bond acceptors (Lipinski definition) is 3. The van der Waals surface area contributed by atoms with Crippen molar-refractivity contribution in [3.63, 3.8) is 0 Å². The van der Waals surface area contributed by atoms with Gasteiger partial charge in [-0.25, -0.2) is 13.1 Å². The highest BCUT2D eigenvalue weighted by atomic mass is 32.2. The second-order valence-electron chi connectivity index (χ2n) is 4.68. The lowest BCUT2D eigenvalue weighted by molar-refractivity contribution is 0.432. The van der Waals surface area contributed by atoms with E-state index in [2.05, 4.69) is 16.9 Å². The number of sulfonamides is 1. The van der Waals surface area contributed by atoms with Crippen LogP contribution in [0.15, 0.2) is 0 Å². The van der Waals surface area contributed by atoms with Crippen LogP contribution in [0.4, 0.5) is 0 Å². The molecule has 0 amide bonds. The highest BCUT2D eigenvalue weighted by Gasteiger charge is 2.53. The van der Waals surface area contributed by atoms with Crippen LogP contribution in [0.3, 0.4) is 0 Å². The highest BCUT2D eigenvalue weighted by Crippen LogP contribution is 2.60. The summed E-state index contributed by atoms with van der Waals surface area (Å²) in [4.78, 5) is 0.0266. The van der Waals surface area contributed by atoms with Gasteiger partial charge in [-0.15, -0.1) is 0 Å². The summed E-state index contributed by atoms with van der Waals surface area (Å²) in [5.41, 5.74) is 5.50. The summed E-state index contributed by atoms with van der Waals surface area (Å²) in [5.74, 6) is 0.522. The van der Waals surface area contributed by atoms with Gasteiger partial charge in [0.1, 0.15) is 5.75 Å². The molecule has 0 aromatic heterocycles. The number of rotatable bonds is 6. The lowest BCUT2D eigenvalue weighted by Gasteiger charge is -2.14. The number of thiocarbonyl (C=S) groups is 1. The molecule has 6 heteroatoms. The second kappa shape index (κ2) is 3.68. The smallest absolute Gasteiger partial charge is 0.218 e. The molecule has 0 aromatic carbocycles. The Kier molecular flexibility index (Phi) is 2.77. The number of nitrogens with two attached hydrogens (primary N) is 1. The Morgan fingerprint density at radius 2 is 2.07 bits per heavy atom. The van der Waals surface area contributed by atoms with E-state index >= 15 is 0 Å². The van der Waals surface area contributed by atoms with E-state index < -0.39 is 10.0 Å². The van der Waals surface area contributed by atoms with Gasteiger partial charge in [0.25, 0.3) is 0 Å². The van der Waals surface area contributed by atoms with Gasteiger partial charge in [-0.2, -0.15) is 0 Å². The Bertz CT molecular complexity index is 370. The van der Waals surface area contributed by atoms with E-state index in [-0.39, 0.29) is 16.2 Å². The Morgan fingerprint density at radius 1 is 1.47 bits per heavy atom. The third kappa shape index (κ3) is 2.89. The van der Waals surface area contributed by atoms with Crippen molar-refractivity contribution in [1.29, 1.82) is 0 Å². The first-order chi connectivity index (χ1) is 6.94. The zero-order valence-electron chi connectivity index (χ0n) is 8.53. The first-order valence-electron chi connectivity index (χ1n) is 5.19. The molecule has 2 aliphatic carbocycles. The Morgan fingerprint density at radius 3 is 2.47 bits per heavy atom. The van der Waals surface area contributed by atoms with Crippen LogP contribution >= 0.6 is 12.2 Å². The Labute approximate surface area is 95.7 Å². The molecule has 2 saturated carbocycles. The molecule has 0 heterocycles. The third-order valence-corrected chi connectivity index (χ3v) is 4.91. The van der Waals surface area contributed by atoms with Crippen molar-refractivity contribution in [3.05, 3.63) is 0 Å². The predicted octanol–water partition coefficient (Wildman–Crippen LogP) is 0.382. The van der Waals surface area contributed by atoms with E-state index in [0.717, 1.165) is 18.8 Å². The van der Waals surface area contributed by atoms with Crippen molar-refractivity contribution < 1.29 is 8.42 Å². The molecule has 0 bridgehead atoms. The average Bonchev–Trinajstić information content (AvgIpc) is 2.94. The quantitative estimate of drug-likeness (QED) is 0.667. The van der Waals surface area contributed by atoms with Crippen molar-refractivity contribution in [2.24, 2.45) is 17.1 Å². The first kappa shape index (κ1) is 11.3. The van der Waals surface area contributed by atoms with Gasteiger partial charge in [-0.3, -0.25) is 0 Å². The number of hydrogen-bond donors (Lipinski definition) is 2. The molecule has 0 atom stereocenters. The molecule has 2 aliphatic rings. The van der Waals surface area contributed by atoms with E-state index in [1.807, 2.05) is 0 Å². The van der Waals surface area contributed by atoms with Gasteiger partial charge in [-0.1, -0.05) is 12.2 Å². The topological polar surface area (TPSA) is 72.2 Å². The Balaban J connectivity index is 1.84. The van der Waals surface area contributed by atoms with Crippen LogP contribution in [0.25, 0.3) is 0 Å². The molecule has 2 fully saturated rings. The maximum Gasteiger partial charge on any atom is 0.218 e. The minimum absolute atomic E-state index is 0.0266. The summed E-state index contributed by atoms with van der Waals surface area (Å²) < 4.78 is 25.6. The summed E-state index contributed by atoms with van der Waals surface area (Å²) in [6.07, 6.45) is 4.84. The zero-order valence-corrected chi connectivity index (χ0v) is 10.2. The van der Waals surface area contributed by atoms with Gasteiger partial charge in [0.15, 0.2) is 0 Å². The maximum atomic E-state index is 11.5. The van der Waals surface area contributed by atoms with E-state index in [1.54, 1.807) is 0 Å². The minimum atomic E-state index is -3.30. The molecule has 0 aliphatic heterocycles. The van der Waals surface area contributed by atoms with Gasteiger partial charge in [0, 0.05) is 6.54 Å². The maximum absolute atomic E-state index is 11.5. The van der Waals surface area contributed by atoms with Crippen molar-refractivity contribution in [2.75, 3.05) is 12.3 Å². The van der Waals surface area contributed by atoms with Crippen molar-refractivity contribution in [2.45, 2.75) is 25.7 Å². The molecule has 15 heavy (non-hydrogen) atoms. The molecule has 0 spiro atoms. The van der Waals surface area contributed by atoms with E-state index in [9.17, 15) is 8.42 Å². The molecule has 4 nitrogen and oxygen atoms in total. The molecule has 0 aromatic rings. The van der Waals surface area contributed by atoms with Crippen LogP contribution in [-0.2, 0) is 10.0 Å². The lowest BCUT2D eigenvalue weighted by Crippen LogP contribution is -2.36. The minimum Gasteiger partial charge on any atom is -0.392 e. The van der Waals surface area contributed by atoms with Crippen LogP contribution in [0.1, 0.15) is 25.7 Å². The van der Waals surface area contributed by atoms with Gasteiger partial charge >= 0.3 is 0 Å². The fourth-order valence-corrected chi connectivity index (χ4v) is 3.53. The monoisotopic (exact) mass is 248 g/mol. The van der Waals surface area contributed by atoms with E-state index in [0.29, 0.717) is 6.54 Å². The lowest BCUT2D eigenvalue weighted by atomic mass is 10.0. The van der Waals surface area contributed by atoms with E-state index in [4.69, 9.17) is 5.73 Å². The van der Waals surface area contributed by atoms with Gasteiger partial charge in [-0.05, 0) is 37.0 Å². The van der Waals surface area contributed by atoms with Crippen molar-refractivity contribution >= 4 is 27.2 Å². The Hall–Kier alpha value is -0.200. The standard InChI is InChI=1S/C9H16N2O2S2/c10-8(14)5-15(12,13)11-6-9(3-4-9)7-1-2-7/h7,11H,1-6H2,(H2,10,14). The summed E-state index contributed by atoms with van der Waals surface area (Å²) in [6.45, 7) is 0.572. The first-order valence-corrected chi connectivity index (χ1v) is 7.25. The largest absolute Gasteiger partial charge is 0.392 e. The molecular weight excluding hydrogens is 232 g/mol. The summed E-state index contributed by atoms with van der Waals surface area (Å²) in [5, 5.41) is 0. The van der Waals surface area contributed by atoms with Crippen LogP contribution in [0.5, 0.6) is 0 Å². The van der Waals surface area contributed by atoms with Crippen LogP contribution < -0.4 is 10.5 Å². The van der Waals surface area contributed by atoms with Gasteiger partial charge in [0.2, 0.25) is 10.0 Å². The highest BCUT2D eigenvalue weighted by molar-refractivity contribution is 7.92. The van der Waals surface area contributed by atoms with Crippen molar-refractivity contribution in [1.82, 2.24) is 4.72 Å². The molecule has 2 rings (SSSR count). The number of nitrogens with one attached hydrogen (secondary N) is 1. The van der Waals surface area contributed by atoms with E-state index in [1.165, 1.54) is 12.8 Å². The molecule has 0 saturated heterocycles. The van der Waals surface area contributed by atoms with Crippen LogP contribution in [-0.4, -0.2) is 25.7 Å². The SMILES string of the molecule is NC(=S)CS(=O)(=O)NCC1(C2CC2)CC1. The fourth-order valence-electron chi connectivity index (χ4n) is 2.08. The second-order valence-corrected chi connectivity index (χ2v) is 7.01. The fraction of sp³-hybridized carbons (Fsp3) is 0.889. The normalized spacial score (nSPS) is 23.7. The average molecular weight is 248 g/mol. The molecule has 86 valence electrons. The van der Waals surface area contributed by atoms with Crippen LogP contribution in [0.2, 0.25) is 0 Å². The third-order valence-electron chi connectivity index (χ3n) is 3.31. The van der Waals surface area contributed by atoms with Gasteiger partial charge < -0.3 is 5.73 Å². The van der Waals surface area contributed by atoms with Crippen molar-refractivity contribution in [3.8, 4) is 0 Å². The summed E-state index contributed by atoms with van der Waals surface area (Å²) in [7, 11) is -3.30. The van der Waals surface area contributed by atoms with Crippen LogP contribution in [0, 0.1) is 11.3 Å². The van der Waals surface area contributed by atoms with Gasteiger partial charge in [0.05, 0.1) is 4.99 Å². The summed E-state index contributed by atoms with van der Waals surface area (Å²) >= 11 is 4.59. The molecule has 3 N–H and O–H groups in total.